The Hall–Kier alpha value is -1.04. The quantitative estimate of drug-likeness (QED) is 0.554. The second kappa shape index (κ2) is 9.00. The number of carboxylic acid groups (broad SMARTS) is 1. The summed E-state index contributed by atoms with van der Waals surface area (Å²) in [6.45, 7) is 3.77. The van der Waals surface area contributed by atoms with Crippen LogP contribution in [0, 0.1) is 5.92 Å². The first-order chi connectivity index (χ1) is 8.88. The fraction of sp³-hybridized carbons (Fsp3) is 0.429. The molecular weight excluding hydrogens is 269 g/mol. The molecule has 1 aromatic carbocycles. The Bertz CT molecular complexity index is 445. The summed E-state index contributed by atoms with van der Waals surface area (Å²) < 4.78 is 0. The van der Waals surface area contributed by atoms with Crippen molar-refractivity contribution in [3.63, 3.8) is 0 Å². The second-order valence-corrected chi connectivity index (χ2v) is 4.91. The number of carboxylic acids is 1. The average molecular weight is 287 g/mol. The third kappa shape index (κ3) is 6.93. The monoisotopic (exact) mass is 287 g/mol. The maximum atomic E-state index is 11.6. The van der Waals surface area contributed by atoms with Crippen LogP contribution in [0.5, 0.6) is 5.75 Å². The molecule has 2 N–H and O–H groups in total. The summed E-state index contributed by atoms with van der Waals surface area (Å²) >= 11 is 0. The summed E-state index contributed by atoms with van der Waals surface area (Å²) in [4.78, 5) is 22.6. The minimum Gasteiger partial charge on any atom is -0.548 e. The van der Waals surface area contributed by atoms with Gasteiger partial charge in [0.05, 0.1) is 12.0 Å². The van der Waals surface area contributed by atoms with Crippen LogP contribution in [0.1, 0.15) is 25.8 Å². The molecule has 0 radical (unpaired) electrons. The molecule has 104 valence electrons. The van der Waals surface area contributed by atoms with E-state index < -0.39 is 12.0 Å². The third-order valence-electron chi connectivity index (χ3n) is 2.59. The van der Waals surface area contributed by atoms with Gasteiger partial charge in [-0.3, -0.25) is 4.79 Å². The summed E-state index contributed by atoms with van der Waals surface area (Å²) in [5.41, 5.74) is 0.705. The molecule has 0 bridgehead atoms. The Balaban J connectivity index is 0.00000361. The second-order valence-electron chi connectivity index (χ2n) is 4.91. The molecule has 0 aliphatic heterocycles. The molecule has 5 nitrogen and oxygen atoms in total. The van der Waals surface area contributed by atoms with E-state index in [0.29, 0.717) is 5.56 Å². The van der Waals surface area contributed by atoms with Gasteiger partial charge >= 0.3 is 29.6 Å². The van der Waals surface area contributed by atoms with E-state index in [0.717, 1.165) is 0 Å². The molecule has 1 unspecified atom stereocenters. The number of carbonyl (C=O) groups excluding carboxylic acids is 2. The Morgan fingerprint density at radius 1 is 1.25 bits per heavy atom. The van der Waals surface area contributed by atoms with E-state index in [1.54, 1.807) is 12.1 Å². The number of aliphatic carboxylic acids is 1. The minimum atomic E-state index is -1.31. The van der Waals surface area contributed by atoms with Gasteiger partial charge in [-0.2, -0.15) is 0 Å². The number of rotatable bonds is 6. The van der Waals surface area contributed by atoms with Crippen molar-refractivity contribution in [2.45, 2.75) is 32.7 Å². The Morgan fingerprint density at radius 2 is 1.80 bits per heavy atom. The number of hydrogen-bond donors (Lipinski definition) is 2. The fourth-order valence-electron chi connectivity index (χ4n) is 1.69. The van der Waals surface area contributed by atoms with Crippen molar-refractivity contribution in [3.8, 4) is 5.75 Å². The number of hydrogen-bond acceptors (Lipinski definition) is 4. The zero-order valence-corrected chi connectivity index (χ0v) is 14.1. The van der Waals surface area contributed by atoms with E-state index in [4.69, 9.17) is 5.11 Å². The van der Waals surface area contributed by atoms with Crippen molar-refractivity contribution < 1.29 is 49.4 Å². The van der Waals surface area contributed by atoms with Gasteiger partial charge in [0, 0.05) is 6.42 Å². The van der Waals surface area contributed by atoms with E-state index in [1.807, 2.05) is 13.8 Å². The predicted molar refractivity (Wildman–Crippen MR) is 68.2 cm³/mol. The van der Waals surface area contributed by atoms with Crippen molar-refractivity contribution in [3.05, 3.63) is 29.8 Å². The number of nitrogens with one attached hydrogen (secondary N) is 1. The van der Waals surface area contributed by atoms with Crippen molar-refractivity contribution >= 4 is 11.9 Å². The molecule has 0 saturated carbocycles. The van der Waals surface area contributed by atoms with E-state index in [-0.39, 0.29) is 60.0 Å². The molecule has 0 fully saturated rings. The first kappa shape index (κ1) is 19.0. The van der Waals surface area contributed by atoms with E-state index in [9.17, 15) is 14.7 Å². The van der Waals surface area contributed by atoms with Crippen molar-refractivity contribution in [2.24, 2.45) is 5.92 Å². The van der Waals surface area contributed by atoms with Crippen LogP contribution in [-0.4, -0.2) is 23.0 Å². The fourth-order valence-corrected chi connectivity index (χ4v) is 1.69. The molecule has 0 aliphatic carbocycles. The molecule has 0 saturated heterocycles. The molecular formula is C14H18NNaO4. The van der Waals surface area contributed by atoms with Crippen LogP contribution >= 0.6 is 0 Å². The number of phenols is 1. The maximum Gasteiger partial charge on any atom is 1.00 e. The Morgan fingerprint density at radius 3 is 2.25 bits per heavy atom. The van der Waals surface area contributed by atoms with Crippen LogP contribution in [0.2, 0.25) is 0 Å². The van der Waals surface area contributed by atoms with Gasteiger partial charge in [0.2, 0.25) is 5.91 Å². The van der Waals surface area contributed by atoms with Gasteiger partial charge in [-0.05, 0) is 30.0 Å². The van der Waals surface area contributed by atoms with Gasteiger partial charge in [0.15, 0.2) is 0 Å². The number of amides is 1. The Labute approximate surface area is 140 Å². The maximum absolute atomic E-state index is 11.6. The predicted octanol–water partition coefficient (Wildman–Crippen LogP) is -2.78. The first-order valence-electron chi connectivity index (χ1n) is 6.16. The zero-order chi connectivity index (χ0) is 14.4. The van der Waals surface area contributed by atoms with Crippen molar-refractivity contribution in [1.29, 1.82) is 0 Å². The molecule has 20 heavy (non-hydrogen) atoms. The molecule has 0 spiro atoms. The molecule has 1 atom stereocenters. The van der Waals surface area contributed by atoms with Crippen molar-refractivity contribution in [2.75, 3.05) is 0 Å². The van der Waals surface area contributed by atoms with Crippen LogP contribution in [-0.2, 0) is 16.0 Å². The minimum absolute atomic E-state index is 0. The van der Waals surface area contributed by atoms with Crippen LogP contribution < -0.4 is 40.0 Å². The number of phenolic OH excluding ortho intramolecular Hbond substituents is 1. The van der Waals surface area contributed by atoms with Crippen molar-refractivity contribution in [1.82, 2.24) is 5.32 Å². The average Bonchev–Trinajstić information content (AvgIpc) is 2.29. The van der Waals surface area contributed by atoms with Crippen LogP contribution in [0.4, 0.5) is 0 Å². The number of benzene rings is 1. The molecule has 1 amide bonds. The summed E-state index contributed by atoms with van der Waals surface area (Å²) in [5, 5.41) is 22.6. The molecule has 1 aromatic rings. The number of aromatic hydroxyl groups is 1. The van der Waals surface area contributed by atoms with E-state index in [1.165, 1.54) is 12.1 Å². The van der Waals surface area contributed by atoms with Gasteiger partial charge in [-0.25, -0.2) is 0 Å². The smallest absolute Gasteiger partial charge is 0.548 e. The van der Waals surface area contributed by atoms with Crippen LogP contribution in [0.15, 0.2) is 24.3 Å². The SMILES string of the molecule is CC(C)CC(=O)NC(Cc1ccc(O)cc1)C(=O)[O-].[Na+]. The molecule has 6 heteroatoms. The zero-order valence-electron chi connectivity index (χ0n) is 12.1. The van der Waals surface area contributed by atoms with Gasteiger partial charge in [0.25, 0.3) is 0 Å². The topological polar surface area (TPSA) is 89.5 Å². The van der Waals surface area contributed by atoms with Gasteiger partial charge < -0.3 is 20.3 Å². The van der Waals surface area contributed by atoms with Gasteiger partial charge in [-0.1, -0.05) is 26.0 Å². The summed E-state index contributed by atoms with van der Waals surface area (Å²) in [5.74, 6) is -1.35. The third-order valence-corrected chi connectivity index (χ3v) is 2.59. The Kier molecular flexibility index (Phi) is 8.53. The first-order valence-corrected chi connectivity index (χ1v) is 6.16. The van der Waals surface area contributed by atoms with E-state index in [2.05, 4.69) is 5.32 Å². The molecule has 0 aliphatic rings. The summed E-state index contributed by atoms with van der Waals surface area (Å²) in [6, 6.07) is 5.10. The number of carbonyl (C=O) groups is 2. The normalized spacial score (nSPS) is 11.6. The largest absolute Gasteiger partial charge is 1.00 e. The molecule has 1 rings (SSSR count). The van der Waals surface area contributed by atoms with Gasteiger partial charge in [-0.15, -0.1) is 0 Å². The van der Waals surface area contributed by atoms with E-state index >= 15 is 0 Å². The van der Waals surface area contributed by atoms with Gasteiger partial charge in [0.1, 0.15) is 5.75 Å². The van der Waals surface area contributed by atoms with Crippen LogP contribution in [0.3, 0.4) is 0 Å². The standard InChI is InChI=1S/C14H19NO4.Na/c1-9(2)7-13(17)15-12(14(18)19)8-10-3-5-11(16)6-4-10;/h3-6,9,12,16H,7-8H2,1-2H3,(H,15,17)(H,18,19);/q;+1/p-1. The summed E-state index contributed by atoms with van der Waals surface area (Å²) in [6.07, 6.45) is 0.409. The molecule has 0 aromatic heterocycles. The molecule has 0 heterocycles. The van der Waals surface area contributed by atoms with Crippen LogP contribution in [0.25, 0.3) is 0 Å². The summed E-state index contributed by atoms with van der Waals surface area (Å²) in [7, 11) is 0.